The lowest BCUT2D eigenvalue weighted by Gasteiger charge is -2.31. The summed E-state index contributed by atoms with van der Waals surface area (Å²) < 4.78 is 10.6. The maximum atomic E-state index is 12.8. The summed E-state index contributed by atoms with van der Waals surface area (Å²) in [5.74, 6) is 0.0530. The average molecular weight is 468 g/mol. The van der Waals surface area contributed by atoms with Gasteiger partial charge in [-0.05, 0) is 60.0 Å². The number of rotatable bonds is 9. The highest BCUT2D eigenvalue weighted by atomic mass is 35.5. The van der Waals surface area contributed by atoms with Crippen molar-refractivity contribution in [3.05, 3.63) is 88.4 Å². The predicted molar refractivity (Wildman–Crippen MR) is 129 cm³/mol. The van der Waals surface area contributed by atoms with E-state index in [2.05, 4.69) is 12.2 Å². The molecule has 0 aliphatic rings. The molecule has 7 heteroatoms. The molecule has 0 bridgehead atoms. The van der Waals surface area contributed by atoms with Gasteiger partial charge in [0, 0.05) is 16.9 Å². The van der Waals surface area contributed by atoms with Crippen molar-refractivity contribution in [3.8, 4) is 11.5 Å². The third kappa shape index (κ3) is 5.65. The van der Waals surface area contributed by atoms with Crippen molar-refractivity contribution in [1.29, 1.82) is 0 Å². The Morgan fingerprint density at radius 2 is 1.42 bits per heavy atom. The summed E-state index contributed by atoms with van der Waals surface area (Å²) in [6.07, 6.45) is 0.670. The number of ether oxygens (including phenoxy) is 2. The van der Waals surface area contributed by atoms with Crippen LogP contribution >= 0.6 is 11.6 Å². The Morgan fingerprint density at radius 1 is 0.909 bits per heavy atom. The molecule has 0 aromatic heterocycles. The Balaban J connectivity index is 1.86. The zero-order valence-electron chi connectivity index (χ0n) is 18.7. The first-order chi connectivity index (χ1) is 15.8. The Bertz CT molecular complexity index is 1080. The van der Waals surface area contributed by atoms with Gasteiger partial charge in [0.1, 0.15) is 11.5 Å². The fraction of sp³-hybridized carbons (Fsp3) is 0.231. The predicted octanol–water partition coefficient (Wildman–Crippen LogP) is 5.78. The van der Waals surface area contributed by atoms with Gasteiger partial charge >= 0.3 is 5.97 Å². The average Bonchev–Trinajstić information content (AvgIpc) is 2.83. The van der Waals surface area contributed by atoms with E-state index in [-0.39, 0.29) is 28.6 Å². The van der Waals surface area contributed by atoms with Crippen molar-refractivity contribution < 1.29 is 24.2 Å². The minimum absolute atomic E-state index is 0.0519. The van der Waals surface area contributed by atoms with Crippen LogP contribution in [0, 0.1) is 0 Å². The van der Waals surface area contributed by atoms with E-state index in [0.717, 1.165) is 22.6 Å². The van der Waals surface area contributed by atoms with Gasteiger partial charge in [-0.3, -0.25) is 4.79 Å². The first-order valence-corrected chi connectivity index (χ1v) is 10.8. The molecule has 3 aromatic rings. The molecule has 3 rings (SSSR count). The largest absolute Gasteiger partial charge is 0.497 e. The number of hydrogen-bond donors (Lipinski definition) is 2. The van der Waals surface area contributed by atoms with E-state index in [4.69, 9.17) is 21.1 Å². The fourth-order valence-electron chi connectivity index (χ4n) is 3.75. The Labute approximate surface area is 198 Å². The summed E-state index contributed by atoms with van der Waals surface area (Å²) in [4.78, 5) is 24.3. The number of halogens is 1. The number of hydrogen-bond acceptors (Lipinski definition) is 4. The van der Waals surface area contributed by atoms with Crippen LogP contribution in [0.3, 0.4) is 0 Å². The molecule has 0 saturated heterocycles. The van der Waals surface area contributed by atoms with Gasteiger partial charge in [0.25, 0.3) is 0 Å². The Kier molecular flexibility index (Phi) is 7.61. The number of carboxylic acids is 1. The molecule has 0 heterocycles. The SMILES string of the molecule is COc1ccc(C(C)(CCC(=O)Nc2ccc(Cl)cc2C(=O)O)c2ccc(OC)cc2)cc1. The number of aromatic carboxylic acids is 1. The van der Waals surface area contributed by atoms with Crippen molar-refractivity contribution in [2.75, 3.05) is 19.5 Å². The summed E-state index contributed by atoms with van der Waals surface area (Å²) in [7, 11) is 3.23. The Hall–Kier alpha value is -3.51. The van der Waals surface area contributed by atoms with Crippen molar-refractivity contribution >= 4 is 29.2 Å². The molecule has 1 amide bonds. The zero-order chi connectivity index (χ0) is 24.0. The minimum atomic E-state index is -1.16. The van der Waals surface area contributed by atoms with Crippen LogP contribution in [0.4, 0.5) is 5.69 Å². The van der Waals surface area contributed by atoms with Gasteiger partial charge in [-0.2, -0.15) is 0 Å². The molecule has 0 aliphatic heterocycles. The number of carbonyl (C=O) groups excluding carboxylic acids is 1. The molecule has 33 heavy (non-hydrogen) atoms. The quantitative estimate of drug-likeness (QED) is 0.416. The maximum Gasteiger partial charge on any atom is 0.337 e. The number of nitrogens with one attached hydrogen (secondary N) is 1. The number of amides is 1. The van der Waals surface area contributed by atoms with E-state index in [0.29, 0.717) is 6.42 Å². The fourth-order valence-corrected chi connectivity index (χ4v) is 3.92. The summed E-state index contributed by atoms with van der Waals surface area (Å²) in [5, 5.41) is 12.4. The molecule has 0 spiro atoms. The molecule has 0 fully saturated rings. The monoisotopic (exact) mass is 467 g/mol. The van der Waals surface area contributed by atoms with Gasteiger partial charge in [-0.25, -0.2) is 4.79 Å². The van der Waals surface area contributed by atoms with E-state index < -0.39 is 11.4 Å². The van der Waals surface area contributed by atoms with Crippen LogP contribution in [0.1, 0.15) is 41.3 Å². The lowest BCUT2D eigenvalue weighted by molar-refractivity contribution is -0.116. The van der Waals surface area contributed by atoms with Gasteiger partial charge in [0.05, 0.1) is 25.5 Å². The minimum Gasteiger partial charge on any atom is -0.497 e. The molecule has 172 valence electrons. The first kappa shape index (κ1) is 24.1. The summed E-state index contributed by atoms with van der Waals surface area (Å²) >= 11 is 5.90. The van der Waals surface area contributed by atoms with Crippen LogP contribution < -0.4 is 14.8 Å². The van der Waals surface area contributed by atoms with Crippen LogP contribution in [0.15, 0.2) is 66.7 Å². The van der Waals surface area contributed by atoms with Gasteiger partial charge in [0.15, 0.2) is 0 Å². The van der Waals surface area contributed by atoms with Crippen molar-refractivity contribution in [1.82, 2.24) is 0 Å². The third-order valence-corrected chi connectivity index (χ3v) is 6.03. The van der Waals surface area contributed by atoms with Gasteiger partial charge in [0.2, 0.25) is 5.91 Å². The number of carbonyl (C=O) groups is 2. The molecule has 0 saturated carbocycles. The molecular formula is C26H26ClNO5. The highest BCUT2D eigenvalue weighted by molar-refractivity contribution is 6.31. The highest BCUT2D eigenvalue weighted by Gasteiger charge is 2.30. The van der Waals surface area contributed by atoms with Gasteiger partial charge in [-0.15, -0.1) is 0 Å². The molecule has 6 nitrogen and oxygen atoms in total. The lowest BCUT2D eigenvalue weighted by atomic mass is 9.73. The Morgan fingerprint density at radius 3 is 1.88 bits per heavy atom. The van der Waals surface area contributed by atoms with Crippen LogP contribution in [-0.2, 0) is 10.2 Å². The van der Waals surface area contributed by atoms with E-state index in [1.54, 1.807) is 20.3 Å². The zero-order valence-corrected chi connectivity index (χ0v) is 19.5. The topological polar surface area (TPSA) is 84.9 Å². The van der Waals surface area contributed by atoms with Crippen LogP contribution in [0.25, 0.3) is 0 Å². The van der Waals surface area contributed by atoms with Crippen LogP contribution in [-0.4, -0.2) is 31.2 Å². The molecule has 0 unspecified atom stereocenters. The van der Waals surface area contributed by atoms with E-state index in [1.807, 2.05) is 48.5 Å². The standard InChI is InChI=1S/C26H26ClNO5/c1-26(17-4-9-20(32-2)10-5-17,18-6-11-21(33-3)12-7-18)15-14-24(29)28-23-13-8-19(27)16-22(23)25(30)31/h4-13,16H,14-15H2,1-3H3,(H,28,29)(H,30,31). The third-order valence-electron chi connectivity index (χ3n) is 5.79. The molecule has 2 N–H and O–H groups in total. The van der Waals surface area contributed by atoms with Crippen LogP contribution in [0.2, 0.25) is 5.02 Å². The van der Waals surface area contributed by atoms with E-state index >= 15 is 0 Å². The van der Waals surface area contributed by atoms with Gasteiger partial charge < -0.3 is 19.9 Å². The normalized spacial score (nSPS) is 11.0. The summed E-state index contributed by atoms with van der Waals surface area (Å²) in [6.45, 7) is 2.08. The second-order valence-corrected chi connectivity index (χ2v) is 8.27. The first-order valence-electron chi connectivity index (χ1n) is 10.4. The molecular weight excluding hydrogens is 442 g/mol. The lowest BCUT2D eigenvalue weighted by Crippen LogP contribution is -2.26. The molecule has 0 atom stereocenters. The second kappa shape index (κ2) is 10.4. The highest BCUT2D eigenvalue weighted by Crippen LogP contribution is 2.38. The molecule has 0 aliphatic carbocycles. The van der Waals surface area contributed by atoms with E-state index in [1.165, 1.54) is 12.1 Å². The summed E-state index contributed by atoms with van der Waals surface area (Å²) in [5.41, 5.74) is 1.74. The number of carboxylic acid groups (broad SMARTS) is 1. The maximum absolute atomic E-state index is 12.8. The smallest absolute Gasteiger partial charge is 0.337 e. The van der Waals surface area contributed by atoms with Crippen molar-refractivity contribution in [2.45, 2.75) is 25.2 Å². The summed E-state index contributed by atoms with van der Waals surface area (Å²) in [6, 6.07) is 19.9. The second-order valence-electron chi connectivity index (χ2n) is 7.83. The van der Waals surface area contributed by atoms with Crippen LogP contribution in [0.5, 0.6) is 11.5 Å². The molecule has 0 radical (unpaired) electrons. The van der Waals surface area contributed by atoms with Crippen molar-refractivity contribution in [2.24, 2.45) is 0 Å². The van der Waals surface area contributed by atoms with Crippen molar-refractivity contribution in [3.63, 3.8) is 0 Å². The molecule has 3 aromatic carbocycles. The number of benzene rings is 3. The van der Waals surface area contributed by atoms with E-state index in [9.17, 15) is 14.7 Å². The number of anilines is 1. The van der Waals surface area contributed by atoms with Gasteiger partial charge in [-0.1, -0.05) is 42.8 Å². The number of methoxy groups -OCH3 is 2.